The zero-order valence-corrected chi connectivity index (χ0v) is 12.3. The van der Waals surface area contributed by atoms with Crippen LogP contribution >= 0.6 is 15.9 Å². The lowest BCUT2D eigenvalue weighted by molar-refractivity contribution is 0.0906. The van der Waals surface area contributed by atoms with E-state index in [-0.39, 0.29) is 24.5 Å². The van der Waals surface area contributed by atoms with Crippen LogP contribution in [0.5, 0.6) is 0 Å². The molecule has 1 fully saturated rings. The van der Waals surface area contributed by atoms with Gasteiger partial charge in [0.1, 0.15) is 0 Å². The fourth-order valence-corrected chi connectivity index (χ4v) is 4.28. The van der Waals surface area contributed by atoms with E-state index in [0.29, 0.717) is 6.54 Å². The smallest absolute Gasteiger partial charge is 0.216 e. The average molecular weight is 314 g/mol. The maximum atomic E-state index is 12.0. The summed E-state index contributed by atoms with van der Waals surface area (Å²) in [7, 11) is -3.14. The number of alkyl halides is 1. The van der Waals surface area contributed by atoms with Gasteiger partial charge in [-0.15, -0.1) is 0 Å². The molecule has 16 heavy (non-hydrogen) atoms. The van der Waals surface area contributed by atoms with Gasteiger partial charge in [0.05, 0.1) is 18.5 Å². The third kappa shape index (κ3) is 3.98. The summed E-state index contributed by atoms with van der Waals surface area (Å²) in [6.45, 7) is 4.75. The number of nitrogens with zero attached hydrogens (tertiary/aromatic N) is 1. The normalized spacial score (nSPS) is 23.1. The molecule has 4 nitrogen and oxygen atoms in total. The van der Waals surface area contributed by atoms with Crippen LogP contribution in [0.1, 0.15) is 26.7 Å². The van der Waals surface area contributed by atoms with Crippen LogP contribution < -0.4 is 0 Å². The van der Waals surface area contributed by atoms with Gasteiger partial charge in [-0.1, -0.05) is 15.9 Å². The lowest BCUT2D eigenvalue weighted by atomic mass is 10.3. The second-order valence-electron chi connectivity index (χ2n) is 4.30. The van der Waals surface area contributed by atoms with Crippen molar-refractivity contribution in [2.24, 2.45) is 0 Å². The molecule has 0 aromatic heterocycles. The van der Waals surface area contributed by atoms with E-state index < -0.39 is 10.0 Å². The van der Waals surface area contributed by atoms with E-state index in [1.165, 1.54) is 0 Å². The second-order valence-corrected chi connectivity index (χ2v) is 6.99. The van der Waals surface area contributed by atoms with Gasteiger partial charge in [-0.05, 0) is 26.7 Å². The fraction of sp³-hybridized carbons (Fsp3) is 1.00. The van der Waals surface area contributed by atoms with Crippen LogP contribution in [0.4, 0.5) is 0 Å². The molecule has 0 bridgehead atoms. The van der Waals surface area contributed by atoms with E-state index in [0.717, 1.165) is 18.2 Å². The van der Waals surface area contributed by atoms with Crippen LogP contribution in [0.3, 0.4) is 0 Å². The van der Waals surface area contributed by atoms with Crippen LogP contribution in [0, 0.1) is 0 Å². The first-order valence-corrected chi connectivity index (χ1v) is 8.37. The maximum Gasteiger partial charge on any atom is 0.216 e. The van der Waals surface area contributed by atoms with Crippen molar-refractivity contribution in [2.75, 3.05) is 24.2 Å². The zero-order chi connectivity index (χ0) is 12.2. The number of rotatable bonds is 6. The Balaban J connectivity index is 2.49. The molecule has 96 valence electrons. The largest absolute Gasteiger partial charge is 0.378 e. The molecule has 1 aliphatic heterocycles. The van der Waals surface area contributed by atoms with Gasteiger partial charge in [0, 0.05) is 17.9 Å². The molecule has 1 heterocycles. The summed E-state index contributed by atoms with van der Waals surface area (Å²) in [6.07, 6.45) is 2.00. The molecule has 0 aromatic rings. The molecule has 0 amide bonds. The van der Waals surface area contributed by atoms with Crippen molar-refractivity contribution in [2.45, 2.75) is 38.8 Å². The molecule has 0 N–H and O–H groups in total. The van der Waals surface area contributed by atoms with Crippen LogP contribution in [0.25, 0.3) is 0 Å². The first-order chi connectivity index (χ1) is 7.47. The molecule has 1 aliphatic rings. The minimum atomic E-state index is -3.14. The Morgan fingerprint density at radius 3 is 2.75 bits per heavy atom. The highest BCUT2D eigenvalue weighted by Crippen LogP contribution is 2.22. The van der Waals surface area contributed by atoms with Crippen LogP contribution in [-0.2, 0) is 14.8 Å². The Morgan fingerprint density at radius 1 is 1.50 bits per heavy atom. The van der Waals surface area contributed by atoms with Gasteiger partial charge < -0.3 is 4.74 Å². The number of ether oxygens (including phenoxy) is 1. The summed E-state index contributed by atoms with van der Waals surface area (Å²) in [5.74, 6) is 0.0919. The van der Waals surface area contributed by atoms with Crippen LogP contribution in [0.15, 0.2) is 0 Å². The quantitative estimate of drug-likeness (QED) is 0.700. The van der Waals surface area contributed by atoms with Crippen molar-refractivity contribution in [3.63, 3.8) is 0 Å². The van der Waals surface area contributed by atoms with Crippen molar-refractivity contribution >= 4 is 26.0 Å². The van der Waals surface area contributed by atoms with Gasteiger partial charge in [-0.2, -0.15) is 4.31 Å². The van der Waals surface area contributed by atoms with Crippen molar-refractivity contribution in [3.05, 3.63) is 0 Å². The highest BCUT2D eigenvalue weighted by molar-refractivity contribution is 9.09. The summed E-state index contributed by atoms with van der Waals surface area (Å²) >= 11 is 3.36. The molecule has 0 spiro atoms. The summed E-state index contributed by atoms with van der Waals surface area (Å²) in [6, 6.07) is 0.129. The topological polar surface area (TPSA) is 46.6 Å². The Bertz CT molecular complexity index is 305. The number of sulfonamides is 1. The van der Waals surface area contributed by atoms with Crippen molar-refractivity contribution in [1.82, 2.24) is 4.31 Å². The predicted molar refractivity (Wildman–Crippen MR) is 68.4 cm³/mol. The van der Waals surface area contributed by atoms with Gasteiger partial charge >= 0.3 is 0 Å². The van der Waals surface area contributed by atoms with Crippen molar-refractivity contribution in [1.29, 1.82) is 0 Å². The Hall–Kier alpha value is 0.350. The van der Waals surface area contributed by atoms with Crippen LogP contribution in [0.2, 0.25) is 0 Å². The molecule has 6 heteroatoms. The first kappa shape index (κ1) is 14.4. The average Bonchev–Trinajstić information content (AvgIpc) is 2.64. The number of halogens is 1. The minimum Gasteiger partial charge on any atom is -0.378 e. The van der Waals surface area contributed by atoms with Gasteiger partial charge in [0.2, 0.25) is 10.0 Å². The highest BCUT2D eigenvalue weighted by Gasteiger charge is 2.32. The fourth-order valence-electron chi connectivity index (χ4n) is 1.84. The maximum absolute atomic E-state index is 12.0. The third-order valence-corrected chi connectivity index (χ3v) is 5.28. The van der Waals surface area contributed by atoms with Gasteiger partial charge in [0.15, 0.2) is 0 Å². The molecular formula is C10H20BrNO3S. The van der Waals surface area contributed by atoms with Crippen molar-refractivity contribution < 1.29 is 13.2 Å². The predicted octanol–water partition coefficient (Wildman–Crippen LogP) is 1.60. The van der Waals surface area contributed by atoms with Crippen molar-refractivity contribution in [3.8, 4) is 0 Å². The molecule has 0 radical (unpaired) electrons. The minimum absolute atomic E-state index is 0.0840. The lowest BCUT2D eigenvalue weighted by Crippen LogP contribution is -2.39. The lowest BCUT2D eigenvalue weighted by Gasteiger charge is -2.22. The van der Waals surface area contributed by atoms with Crippen LogP contribution in [-0.4, -0.2) is 49.1 Å². The summed E-state index contributed by atoms with van der Waals surface area (Å²) in [4.78, 5) is 0. The van der Waals surface area contributed by atoms with E-state index in [9.17, 15) is 8.42 Å². The Kier molecular flexibility index (Phi) is 5.70. The van der Waals surface area contributed by atoms with Gasteiger partial charge in [-0.25, -0.2) is 8.42 Å². The molecule has 0 aliphatic carbocycles. The summed E-state index contributed by atoms with van der Waals surface area (Å²) in [5, 5.41) is 0.720. The van der Waals surface area contributed by atoms with Gasteiger partial charge in [0.25, 0.3) is 0 Å². The monoisotopic (exact) mass is 313 g/mol. The molecule has 1 atom stereocenters. The summed E-state index contributed by atoms with van der Waals surface area (Å²) in [5.41, 5.74) is 0. The zero-order valence-electron chi connectivity index (χ0n) is 9.86. The summed E-state index contributed by atoms with van der Waals surface area (Å²) < 4.78 is 30.9. The first-order valence-electron chi connectivity index (χ1n) is 5.64. The van der Waals surface area contributed by atoms with E-state index in [4.69, 9.17) is 4.74 Å². The van der Waals surface area contributed by atoms with E-state index in [1.807, 2.05) is 13.8 Å². The Morgan fingerprint density at radius 2 is 2.19 bits per heavy atom. The van der Waals surface area contributed by atoms with Gasteiger partial charge in [-0.3, -0.25) is 0 Å². The Labute approximate surface area is 107 Å². The molecular weight excluding hydrogens is 294 g/mol. The SMILES string of the molecule is CC(C)OCCS(=O)(=O)N1CCCC1CBr. The van der Waals surface area contributed by atoms with E-state index >= 15 is 0 Å². The third-order valence-electron chi connectivity index (χ3n) is 2.65. The second kappa shape index (κ2) is 6.33. The van der Waals surface area contributed by atoms with E-state index in [2.05, 4.69) is 15.9 Å². The number of hydrogen-bond donors (Lipinski definition) is 0. The molecule has 1 saturated heterocycles. The highest BCUT2D eigenvalue weighted by atomic mass is 79.9. The standard InChI is InChI=1S/C10H20BrNO3S/c1-9(2)15-6-7-16(13,14)12-5-3-4-10(12)8-11/h9-10H,3-8H2,1-2H3. The van der Waals surface area contributed by atoms with E-state index in [1.54, 1.807) is 4.31 Å². The number of hydrogen-bond acceptors (Lipinski definition) is 3. The molecule has 0 saturated carbocycles. The molecule has 1 unspecified atom stereocenters. The molecule has 0 aromatic carbocycles. The molecule has 1 rings (SSSR count).